The molecule has 0 aliphatic carbocycles. The molecule has 2 rings (SSSR count). The number of benzene rings is 1. The second kappa shape index (κ2) is 5.22. The Hall–Kier alpha value is -2.21. The highest BCUT2D eigenvalue weighted by Gasteiger charge is 2.08. The van der Waals surface area contributed by atoms with Crippen LogP contribution in [0.2, 0.25) is 0 Å². The van der Waals surface area contributed by atoms with Crippen molar-refractivity contribution in [2.75, 3.05) is 6.54 Å². The lowest BCUT2D eigenvalue weighted by Crippen LogP contribution is -2.29. The quantitative estimate of drug-likeness (QED) is 0.791. The van der Waals surface area contributed by atoms with Crippen LogP contribution in [0.1, 0.15) is 5.89 Å². The van der Waals surface area contributed by atoms with Crippen LogP contribution in [0.4, 0.5) is 0 Å². The summed E-state index contributed by atoms with van der Waals surface area (Å²) in [5, 5.41) is 10.3. The van der Waals surface area contributed by atoms with Crippen molar-refractivity contribution in [2.45, 2.75) is 6.54 Å². The van der Waals surface area contributed by atoms with Crippen LogP contribution in [0.25, 0.3) is 11.5 Å². The Morgan fingerprint density at radius 3 is 2.76 bits per heavy atom. The summed E-state index contributed by atoms with van der Waals surface area (Å²) in [6.07, 6.45) is 0. The first-order valence-electron chi connectivity index (χ1n) is 5.14. The van der Waals surface area contributed by atoms with E-state index < -0.39 is 0 Å². The average Bonchev–Trinajstić information content (AvgIpc) is 2.86. The third-order valence-corrected chi connectivity index (χ3v) is 2.11. The number of aromatic nitrogens is 2. The summed E-state index contributed by atoms with van der Waals surface area (Å²) in [5.74, 6) is 0.526. The zero-order chi connectivity index (χ0) is 12.1. The van der Waals surface area contributed by atoms with Gasteiger partial charge in [-0.05, 0) is 12.1 Å². The van der Waals surface area contributed by atoms with Gasteiger partial charge in [-0.25, -0.2) is 0 Å². The van der Waals surface area contributed by atoms with E-state index in [9.17, 15) is 4.79 Å². The summed E-state index contributed by atoms with van der Waals surface area (Å²) in [6, 6.07) is 9.42. The van der Waals surface area contributed by atoms with Gasteiger partial charge in [0, 0.05) is 5.56 Å². The molecular formula is C11H12N4O2. The lowest BCUT2D eigenvalue weighted by atomic mass is 10.2. The predicted molar refractivity (Wildman–Crippen MR) is 60.6 cm³/mol. The fourth-order valence-corrected chi connectivity index (χ4v) is 1.27. The molecule has 0 spiro atoms. The summed E-state index contributed by atoms with van der Waals surface area (Å²) in [5.41, 5.74) is 6.00. The monoisotopic (exact) mass is 232 g/mol. The van der Waals surface area contributed by atoms with Crippen molar-refractivity contribution in [3.8, 4) is 11.5 Å². The molecule has 0 radical (unpaired) electrons. The molecule has 1 heterocycles. The molecule has 0 saturated heterocycles. The van der Waals surface area contributed by atoms with E-state index in [0.29, 0.717) is 11.8 Å². The highest BCUT2D eigenvalue weighted by molar-refractivity contribution is 5.77. The van der Waals surface area contributed by atoms with E-state index in [1.807, 2.05) is 30.3 Å². The summed E-state index contributed by atoms with van der Waals surface area (Å²) >= 11 is 0. The van der Waals surface area contributed by atoms with Gasteiger partial charge in [0.25, 0.3) is 0 Å². The first-order chi connectivity index (χ1) is 8.29. The Balaban J connectivity index is 2.04. The third-order valence-electron chi connectivity index (χ3n) is 2.11. The van der Waals surface area contributed by atoms with Crippen molar-refractivity contribution in [3.63, 3.8) is 0 Å². The van der Waals surface area contributed by atoms with E-state index in [0.717, 1.165) is 5.56 Å². The van der Waals surface area contributed by atoms with Crippen molar-refractivity contribution in [3.05, 3.63) is 36.2 Å². The van der Waals surface area contributed by atoms with Crippen molar-refractivity contribution in [1.29, 1.82) is 0 Å². The molecule has 0 aliphatic heterocycles. The number of carbonyl (C=O) groups excluding carboxylic acids is 1. The van der Waals surface area contributed by atoms with Crippen LogP contribution in [-0.2, 0) is 11.3 Å². The van der Waals surface area contributed by atoms with Crippen LogP contribution in [0.3, 0.4) is 0 Å². The Bertz CT molecular complexity index is 495. The molecule has 0 unspecified atom stereocenters. The largest absolute Gasteiger partial charge is 0.419 e. The van der Waals surface area contributed by atoms with E-state index in [1.54, 1.807) is 0 Å². The van der Waals surface area contributed by atoms with Crippen molar-refractivity contribution >= 4 is 5.91 Å². The number of amides is 1. The van der Waals surface area contributed by atoms with Gasteiger partial charge < -0.3 is 15.5 Å². The average molecular weight is 232 g/mol. The first kappa shape index (κ1) is 11.3. The Morgan fingerprint density at radius 1 is 1.29 bits per heavy atom. The molecule has 1 amide bonds. The number of hydrogen-bond donors (Lipinski definition) is 2. The van der Waals surface area contributed by atoms with Crippen LogP contribution in [-0.4, -0.2) is 22.6 Å². The molecule has 1 aromatic heterocycles. The molecule has 3 N–H and O–H groups in total. The number of nitrogens with one attached hydrogen (secondary N) is 1. The second-order valence-corrected chi connectivity index (χ2v) is 3.35. The van der Waals surface area contributed by atoms with E-state index in [-0.39, 0.29) is 19.0 Å². The van der Waals surface area contributed by atoms with Crippen LogP contribution < -0.4 is 11.1 Å². The van der Waals surface area contributed by atoms with Gasteiger partial charge in [0.2, 0.25) is 17.7 Å². The molecule has 6 heteroatoms. The highest BCUT2D eigenvalue weighted by Crippen LogP contribution is 2.16. The molecule has 17 heavy (non-hydrogen) atoms. The number of nitrogens with zero attached hydrogens (tertiary/aromatic N) is 2. The molecule has 88 valence electrons. The fourth-order valence-electron chi connectivity index (χ4n) is 1.27. The van der Waals surface area contributed by atoms with Gasteiger partial charge in [0.1, 0.15) is 0 Å². The van der Waals surface area contributed by atoms with Crippen LogP contribution >= 0.6 is 0 Å². The minimum atomic E-state index is -0.260. The zero-order valence-electron chi connectivity index (χ0n) is 9.09. The van der Waals surface area contributed by atoms with Gasteiger partial charge in [-0.1, -0.05) is 18.2 Å². The van der Waals surface area contributed by atoms with E-state index in [1.165, 1.54) is 0 Å². The molecule has 6 nitrogen and oxygen atoms in total. The summed E-state index contributed by atoms with van der Waals surface area (Å²) in [6.45, 7) is 0.134. The Kier molecular flexibility index (Phi) is 3.46. The van der Waals surface area contributed by atoms with Crippen molar-refractivity contribution < 1.29 is 9.21 Å². The molecule has 0 saturated carbocycles. The molecule has 0 bridgehead atoms. The predicted octanol–water partition coefficient (Wildman–Crippen LogP) is 0.311. The number of hydrogen-bond acceptors (Lipinski definition) is 5. The van der Waals surface area contributed by atoms with Crippen LogP contribution in [0.5, 0.6) is 0 Å². The number of nitrogens with two attached hydrogens (primary N) is 1. The zero-order valence-corrected chi connectivity index (χ0v) is 9.09. The van der Waals surface area contributed by atoms with E-state index in [4.69, 9.17) is 10.2 Å². The minimum absolute atomic E-state index is 0.0559. The van der Waals surface area contributed by atoms with Crippen LogP contribution in [0.15, 0.2) is 34.7 Å². The first-order valence-corrected chi connectivity index (χ1v) is 5.14. The van der Waals surface area contributed by atoms with Gasteiger partial charge in [-0.3, -0.25) is 4.79 Å². The topological polar surface area (TPSA) is 94.0 Å². The standard InChI is InChI=1S/C11H12N4O2/c12-6-9(16)13-7-10-14-15-11(17-10)8-4-2-1-3-5-8/h1-5H,6-7,12H2,(H,13,16). The lowest BCUT2D eigenvalue weighted by molar-refractivity contribution is -0.120. The van der Waals surface area contributed by atoms with Gasteiger partial charge in [-0.15, -0.1) is 10.2 Å². The normalized spacial score (nSPS) is 10.2. The van der Waals surface area contributed by atoms with E-state index in [2.05, 4.69) is 15.5 Å². The highest BCUT2D eigenvalue weighted by atomic mass is 16.4. The SMILES string of the molecule is NCC(=O)NCc1nnc(-c2ccccc2)o1. The second-order valence-electron chi connectivity index (χ2n) is 3.35. The maximum absolute atomic E-state index is 10.9. The number of rotatable bonds is 4. The van der Waals surface area contributed by atoms with Crippen molar-refractivity contribution in [1.82, 2.24) is 15.5 Å². The molecular weight excluding hydrogens is 220 g/mol. The van der Waals surface area contributed by atoms with Gasteiger partial charge in [-0.2, -0.15) is 0 Å². The maximum Gasteiger partial charge on any atom is 0.247 e. The minimum Gasteiger partial charge on any atom is -0.419 e. The van der Waals surface area contributed by atoms with Crippen molar-refractivity contribution in [2.24, 2.45) is 5.73 Å². The lowest BCUT2D eigenvalue weighted by Gasteiger charge is -1.97. The third kappa shape index (κ3) is 2.88. The van der Waals surface area contributed by atoms with Crippen LogP contribution in [0, 0.1) is 0 Å². The maximum atomic E-state index is 10.9. The molecule has 0 atom stereocenters. The number of carbonyl (C=O) groups is 1. The smallest absolute Gasteiger partial charge is 0.247 e. The van der Waals surface area contributed by atoms with Gasteiger partial charge >= 0.3 is 0 Å². The molecule has 0 aliphatic rings. The molecule has 1 aromatic carbocycles. The Morgan fingerprint density at radius 2 is 2.06 bits per heavy atom. The van der Waals surface area contributed by atoms with Gasteiger partial charge in [0.05, 0.1) is 13.1 Å². The summed E-state index contributed by atoms with van der Waals surface area (Å²) in [4.78, 5) is 10.9. The molecule has 0 fully saturated rings. The Labute approximate surface area is 97.8 Å². The van der Waals surface area contributed by atoms with E-state index >= 15 is 0 Å². The van der Waals surface area contributed by atoms with Gasteiger partial charge in [0.15, 0.2) is 0 Å². The fraction of sp³-hybridized carbons (Fsp3) is 0.182. The molecule has 2 aromatic rings. The summed E-state index contributed by atoms with van der Waals surface area (Å²) in [7, 11) is 0. The summed E-state index contributed by atoms with van der Waals surface area (Å²) < 4.78 is 5.39.